The predicted molar refractivity (Wildman–Crippen MR) is 87.7 cm³/mol. The van der Waals surface area contributed by atoms with Gasteiger partial charge in [0, 0.05) is 12.2 Å². The summed E-state index contributed by atoms with van der Waals surface area (Å²) in [5, 5.41) is 0. The Morgan fingerprint density at radius 3 is 2.24 bits per heavy atom. The largest absolute Gasteiger partial charge is 0.399 e. The molecule has 0 unspecified atom stereocenters. The zero-order valence-corrected chi connectivity index (χ0v) is 13.1. The lowest BCUT2D eigenvalue weighted by Crippen LogP contribution is -2.32. The second-order valence-corrected chi connectivity index (χ2v) is 6.84. The first kappa shape index (κ1) is 15.4. The summed E-state index contributed by atoms with van der Waals surface area (Å²) in [6.07, 6.45) is 0. The molecule has 0 atom stereocenters. The van der Waals surface area contributed by atoms with Crippen molar-refractivity contribution in [3.05, 3.63) is 59.7 Å². The van der Waals surface area contributed by atoms with E-state index in [-0.39, 0.29) is 5.75 Å². The lowest BCUT2D eigenvalue weighted by atomic mass is 10.2. The molecule has 4 nitrogen and oxygen atoms in total. The van der Waals surface area contributed by atoms with E-state index >= 15 is 0 Å². The van der Waals surface area contributed by atoms with Crippen LogP contribution in [-0.2, 0) is 15.8 Å². The van der Waals surface area contributed by atoms with Crippen molar-refractivity contribution in [1.29, 1.82) is 0 Å². The van der Waals surface area contributed by atoms with Crippen LogP contribution in [0.5, 0.6) is 0 Å². The molecule has 0 spiro atoms. The van der Waals surface area contributed by atoms with Crippen LogP contribution in [0, 0.1) is 6.92 Å². The van der Waals surface area contributed by atoms with E-state index in [1.165, 1.54) is 4.31 Å². The first-order chi connectivity index (χ1) is 9.94. The van der Waals surface area contributed by atoms with Gasteiger partial charge in [0.05, 0.1) is 11.4 Å². The number of aryl methyl sites for hydroxylation is 1. The van der Waals surface area contributed by atoms with Gasteiger partial charge < -0.3 is 5.73 Å². The maximum absolute atomic E-state index is 12.7. The van der Waals surface area contributed by atoms with E-state index in [1.807, 2.05) is 38.1 Å². The molecule has 21 heavy (non-hydrogen) atoms. The highest BCUT2D eigenvalue weighted by atomic mass is 32.2. The van der Waals surface area contributed by atoms with Crippen molar-refractivity contribution >= 4 is 21.4 Å². The van der Waals surface area contributed by atoms with Crippen LogP contribution in [0.25, 0.3) is 0 Å². The molecule has 112 valence electrons. The Kier molecular flexibility index (Phi) is 4.53. The van der Waals surface area contributed by atoms with E-state index in [2.05, 4.69) is 0 Å². The van der Waals surface area contributed by atoms with Gasteiger partial charge in [-0.15, -0.1) is 0 Å². The van der Waals surface area contributed by atoms with E-state index < -0.39 is 10.0 Å². The lowest BCUT2D eigenvalue weighted by Gasteiger charge is -2.24. The number of nitrogens with zero attached hydrogens (tertiary/aromatic N) is 1. The molecule has 0 saturated heterocycles. The number of para-hydroxylation sites is 1. The maximum Gasteiger partial charge on any atom is 0.239 e. The number of nitrogen functional groups attached to an aromatic ring is 1. The standard InChI is InChI=1S/C16H20N2O2S/c1-3-18(16-7-5-4-6-13(16)2)21(19,20)12-14-8-10-15(17)11-9-14/h4-11H,3,12,17H2,1-2H3. The normalized spacial score (nSPS) is 11.3. The Balaban J connectivity index is 2.32. The molecular weight excluding hydrogens is 284 g/mol. The molecule has 0 aliphatic carbocycles. The van der Waals surface area contributed by atoms with Gasteiger partial charge in [0.2, 0.25) is 10.0 Å². The van der Waals surface area contributed by atoms with E-state index in [1.54, 1.807) is 24.3 Å². The molecular formula is C16H20N2O2S. The summed E-state index contributed by atoms with van der Waals surface area (Å²) < 4.78 is 26.8. The quantitative estimate of drug-likeness (QED) is 0.864. The molecule has 0 saturated carbocycles. The Morgan fingerprint density at radius 2 is 1.67 bits per heavy atom. The molecule has 0 fully saturated rings. The van der Waals surface area contributed by atoms with Crippen molar-refractivity contribution in [2.24, 2.45) is 0 Å². The maximum atomic E-state index is 12.7. The number of hydrogen-bond acceptors (Lipinski definition) is 3. The number of sulfonamides is 1. The van der Waals surface area contributed by atoms with Gasteiger partial charge in [-0.1, -0.05) is 30.3 Å². The van der Waals surface area contributed by atoms with Gasteiger partial charge in [-0.3, -0.25) is 4.31 Å². The van der Waals surface area contributed by atoms with Crippen molar-refractivity contribution in [1.82, 2.24) is 0 Å². The van der Waals surface area contributed by atoms with E-state index in [4.69, 9.17) is 5.73 Å². The van der Waals surface area contributed by atoms with Crippen LogP contribution >= 0.6 is 0 Å². The molecule has 2 rings (SSSR count). The van der Waals surface area contributed by atoms with Crippen LogP contribution in [0.3, 0.4) is 0 Å². The minimum Gasteiger partial charge on any atom is -0.399 e. The van der Waals surface area contributed by atoms with Crippen molar-refractivity contribution in [3.8, 4) is 0 Å². The molecule has 2 aromatic carbocycles. The third-order valence-corrected chi connectivity index (χ3v) is 5.16. The van der Waals surface area contributed by atoms with E-state index in [0.29, 0.717) is 12.2 Å². The molecule has 0 radical (unpaired) electrons. The fourth-order valence-corrected chi connectivity index (χ4v) is 3.93. The zero-order valence-electron chi connectivity index (χ0n) is 12.3. The second kappa shape index (κ2) is 6.18. The van der Waals surface area contributed by atoms with E-state index in [0.717, 1.165) is 16.8 Å². The molecule has 0 amide bonds. The average Bonchev–Trinajstić information content (AvgIpc) is 2.44. The monoisotopic (exact) mass is 304 g/mol. The number of benzene rings is 2. The third-order valence-electron chi connectivity index (χ3n) is 3.34. The van der Waals surface area contributed by atoms with Crippen LogP contribution in [-0.4, -0.2) is 15.0 Å². The highest BCUT2D eigenvalue weighted by Crippen LogP contribution is 2.24. The van der Waals surface area contributed by atoms with Gasteiger partial charge >= 0.3 is 0 Å². The molecule has 0 aromatic heterocycles. The van der Waals surface area contributed by atoms with Gasteiger partial charge in [-0.25, -0.2) is 8.42 Å². The van der Waals surface area contributed by atoms with Crippen LogP contribution < -0.4 is 10.0 Å². The summed E-state index contributed by atoms with van der Waals surface area (Å²) in [4.78, 5) is 0. The van der Waals surface area contributed by atoms with Crippen LogP contribution in [0.15, 0.2) is 48.5 Å². The molecule has 2 N–H and O–H groups in total. The summed E-state index contributed by atoms with van der Waals surface area (Å²) in [5.41, 5.74) is 8.66. The third kappa shape index (κ3) is 3.55. The minimum absolute atomic E-state index is 0.0323. The van der Waals surface area contributed by atoms with Crippen LogP contribution in [0.4, 0.5) is 11.4 Å². The van der Waals surface area contributed by atoms with Crippen molar-refractivity contribution in [2.75, 3.05) is 16.6 Å². The van der Waals surface area contributed by atoms with Gasteiger partial charge in [0.1, 0.15) is 0 Å². The Labute approximate surface area is 126 Å². The minimum atomic E-state index is -3.42. The summed E-state index contributed by atoms with van der Waals surface area (Å²) in [5.74, 6) is -0.0323. The smallest absolute Gasteiger partial charge is 0.239 e. The first-order valence-corrected chi connectivity index (χ1v) is 8.45. The summed E-state index contributed by atoms with van der Waals surface area (Å²) >= 11 is 0. The molecule has 2 aromatic rings. The van der Waals surface area contributed by atoms with Gasteiger partial charge in [-0.05, 0) is 43.2 Å². The molecule has 5 heteroatoms. The van der Waals surface area contributed by atoms with Crippen molar-refractivity contribution in [2.45, 2.75) is 19.6 Å². The summed E-state index contributed by atoms with van der Waals surface area (Å²) in [6, 6.07) is 14.4. The molecule has 0 aliphatic heterocycles. The fourth-order valence-electron chi connectivity index (χ4n) is 2.26. The summed E-state index contributed by atoms with van der Waals surface area (Å²) in [6.45, 7) is 4.16. The first-order valence-electron chi connectivity index (χ1n) is 6.84. The zero-order chi connectivity index (χ0) is 15.5. The van der Waals surface area contributed by atoms with E-state index in [9.17, 15) is 8.42 Å². The SMILES string of the molecule is CCN(c1ccccc1C)S(=O)(=O)Cc1ccc(N)cc1. The average molecular weight is 304 g/mol. The number of hydrogen-bond donors (Lipinski definition) is 1. The highest BCUT2D eigenvalue weighted by molar-refractivity contribution is 7.92. The summed E-state index contributed by atoms with van der Waals surface area (Å²) in [7, 11) is -3.42. The predicted octanol–water partition coefficient (Wildman–Crippen LogP) is 2.93. The lowest BCUT2D eigenvalue weighted by molar-refractivity contribution is 0.591. The number of rotatable bonds is 5. The van der Waals surface area contributed by atoms with Crippen molar-refractivity contribution in [3.63, 3.8) is 0 Å². The number of nitrogens with two attached hydrogens (primary N) is 1. The van der Waals surface area contributed by atoms with Gasteiger partial charge in [0.15, 0.2) is 0 Å². The fraction of sp³-hybridized carbons (Fsp3) is 0.250. The van der Waals surface area contributed by atoms with Crippen molar-refractivity contribution < 1.29 is 8.42 Å². The highest BCUT2D eigenvalue weighted by Gasteiger charge is 2.22. The van der Waals surface area contributed by atoms with Gasteiger partial charge in [-0.2, -0.15) is 0 Å². The Morgan fingerprint density at radius 1 is 1.05 bits per heavy atom. The van der Waals surface area contributed by atoms with Crippen LogP contribution in [0.1, 0.15) is 18.1 Å². The molecule has 0 aliphatic rings. The number of anilines is 2. The topological polar surface area (TPSA) is 63.4 Å². The Bertz CT molecular complexity index is 709. The van der Waals surface area contributed by atoms with Crippen LogP contribution in [0.2, 0.25) is 0 Å². The Hall–Kier alpha value is -2.01. The molecule has 0 heterocycles. The molecule has 0 bridgehead atoms. The van der Waals surface area contributed by atoms with Gasteiger partial charge in [0.25, 0.3) is 0 Å². The second-order valence-electron chi connectivity index (χ2n) is 4.95.